The average Bonchev–Trinajstić information content (AvgIpc) is 3.35. The van der Waals surface area contributed by atoms with E-state index in [0.29, 0.717) is 41.1 Å². The fourth-order valence-corrected chi connectivity index (χ4v) is 5.81. The first kappa shape index (κ1) is 29.1. The molecule has 9 nitrogen and oxygen atoms in total. The van der Waals surface area contributed by atoms with Gasteiger partial charge in [0.1, 0.15) is 17.6 Å². The van der Waals surface area contributed by atoms with Crippen molar-refractivity contribution < 1.29 is 19.1 Å². The maximum absolute atomic E-state index is 13.6. The second-order valence-electron chi connectivity index (χ2n) is 9.91. The minimum Gasteiger partial charge on any atom is -0.497 e. The molecule has 2 aliphatic heterocycles. The van der Waals surface area contributed by atoms with Gasteiger partial charge in [0.2, 0.25) is 11.8 Å². The molecule has 3 aromatic rings. The van der Waals surface area contributed by atoms with Gasteiger partial charge in [0, 0.05) is 30.3 Å². The minimum atomic E-state index is -0.706. The Balaban J connectivity index is 1.26. The van der Waals surface area contributed by atoms with Crippen molar-refractivity contribution in [3.05, 3.63) is 90.0 Å². The third kappa shape index (κ3) is 6.71. The monoisotopic (exact) mass is 583 g/mol. The van der Waals surface area contributed by atoms with Crippen molar-refractivity contribution in [1.82, 2.24) is 10.2 Å². The van der Waals surface area contributed by atoms with E-state index in [0.717, 1.165) is 17.5 Å². The number of carbonyl (C=O) groups is 3. The van der Waals surface area contributed by atoms with E-state index < -0.39 is 11.3 Å². The number of nitrogens with zero attached hydrogens (tertiary/aromatic N) is 3. The summed E-state index contributed by atoms with van der Waals surface area (Å²) in [6, 6.07) is 23.9. The largest absolute Gasteiger partial charge is 0.497 e. The van der Waals surface area contributed by atoms with Gasteiger partial charge in [0.15, 0.2) is 5.17 Å². The summed E-state index contributed by atoms with van der Waals surface area (Å²) in [5.74, 6) is 0.580. The lowest BCUT2D eigenvalue weighted by molar-refractivity contribution is -0.125. The third-order valence-electron chi connectivity index (χ3n) is 7.02. The van der Waals surface area contributed by atoms with Gasteiger partial charge in [0.05, 0.1) is 18.0 Å². The maximum atomic E-state index is 13.6. The first-order chi connectivity index (χ1) is 20.5. The first-order valence-electron chi connectivity index (χ1n) is 14.0. The fourth-order valence-electron chi connectivity index (χ4n) is 4.79. The van der Waals surface area contributed by atoms with Gasteiger partial charge in [-0.05, 0) is 49.1 Å². The van der Waals surface area contributed by atoms with Crippen molar-refractivity contribution in [2.45, 2.75) is 43.9 Å². The highest BCUT2D eigenvalue weighted by atomic mass is 32.2. The van der Waals surface area contributed by atoms with Gasteiger partial charge in [-0.2, -0.15) is 0 Å². The van der Waals surface area contributed by atoms with Gasteiger partial charge in [-0.25, -0.2) is 9.89 Å². The average molecular weight is 584 g/mol. The molecule has 3 amide bonds. The summed E-state index contributed by atoms with van der Waals surface area (Å²) < 4.78 is 5.26. The number of benzene rings is 3. The van der Waals surface area contributed by atoms with Gasteiger partial charge < -0.3 is 15.4 Å². The molecular weight excluding hydrogens is 550 g/mol. The van der Waals surface area contributed by atoms with Crippen LogP contribution in [0.5, 0.6) is 5.75 Å². The zero-order valence-corrected chi connectivity index (χ0v) is 24.4. The number of fused-ring (bicyclic) bond motifs is 3. The first-order valence-corrected chi connectivity index (χ1v) is 14.9. The Morgan fingerprint density at radius 2 is 1.83 bits per heavy atom. The Morgan fingerprint density at radius 1 is 1.05 bits per heavy atom. The van der Waals surface area contributed by atoms with Gasteiger partial charge in [-0.3, -0.25) is 19.4 Å². The minimum absolute atomic E-state index is 0.118. The van der Waals surface area contributed by atoms with Gasteiger partial charge in [-0.1, -0.05) is 67.2 Å². The number of amides is 3. The normalized spacial score (nSPS) is 16.1. The number of methoxy groups -OCH3 is 1. The fraction of sp³-hybridized carbons (Fsp3) is 0.281. The molecule has 0 aromatic heterocycles. The quantitative estimate of drug-likeness (QED) is 0.332. The standard InChI is InChI=1S/C32H33N5O4S/c1-3-27(30(39)34-22-12-9-13-23(20-22)41-2)42-32-36-25-15-8-7-14-24(25)29-35-26(31(40)37(29)32)16-17-28(38)33-19-18-21-10-5-4-6-11-21/h4-15,20,26-27H,3,16-19H2,1-2H3,(H,33,38)(H,34,39)/t26-,27-/m1/s1. The summed E-state index contributed by atoms with van der Waals surface area (Å²) in [4.78, 5) is 50.5. The molecule has 2 heterocycles. The number of para-hydroxylation sites is 1. The summed E-state index contributed by atoms with van der Waals surface area (Å²) in [6.07, 6.45) is 1.71. The summed E-state index contributed by atoms with van der Waals surface area (Å²) in [6.45, 7) is 2.44. The highest BCUT2D eigenvalue weighted by molar-refractivity contribution is 8.15. The molecular formula is C32H33N5O4S. The van der Waals surface area contributed by atoms with Crippen molar-refractivity contribution in [2.24, 2.45) is 9.98 Å². The number of carbonyl (C=O) groups excluding carboxylic acids is 3. The van der Waals surface area contributed by atoms with Crippen molar-refractivity contribution in [3.8, 4) is 5.75 Å². The number of rotatable bonds is 11. The zero-order valence-electron chi connectivity index (χ0n) is 23.6. The van der Waals surface area contributed by atoms with Crippen LogP contribution in [0.3, 0.4) is 0 Å². The molecule has 2 N–H and O–H groups in total. The van der Waals surface area contributed by atoms with Crippen molar-refractivity contribution >= 4 is 51.9 Å². The van der Waals surface area contributed by atoms with Crippen LogP contribution in [0.15, 0.2) is 88.8 Å². The molecule has 0 unspecified atom stereocenters. The van der Waals surface area contributed by atoms with Crippen LogP contribution in [-0.2, 0) is 20.8 Å². The number of hydrogen-bond donors (Lipinski definition) is 2. The van der Waals surface area contributed by atoms with Crippen molar-refractivity contribution in [1.29, 1.82) is 0 Å². The molecule has 0 saturated heterocycles. The molecule has 0 spiro atoms. The van der Waals surface area contributed by atoms with Crippen LogP contribution in [0.4, 0.5) is 11.4 Å². The molecule has 3 aromatic carbocycles. The maximum Gasteiger partial charge on any atom is 0.259 e. The lowest BCUT2D eigenvalue weighted by Gasteiger charge is -2.27. The lowest BCUT2D eigenvalue weighted by atomic mass is 10.1. The highest BCUT2D eigenvalue weighted by Crippen LogP contribution is 2.36. The Morgan fingerprint density at radius 3 is 2.62 bits per heavy atom. The predicted molar refractivity (Wildman–Crippen MR) is 166 cm³/mol. The smallest absolute Gasteiger partial charge is 0.259 e. The third-order valence-corrected chi connectivity index (χ3v) is 8.34. The number of thioether (sulfide) groups is 1. The molecule has 0 radical (unpaired) electrons. The van der Waals surface area contributed by atoms with Crippen LogP contribution in [0.1, 0.15) is 37.3 Å². The molecule has 10 heteroatoms. The summed E-state index contributed by atoms with van der Waals surface area (Å²) in [7, 11) is 1.57. The molecule has 0 bridgehead atoms. The number of aliphatic imine (C=N–C) groups is 2. The summed E-state index contributed by atoms with van der Waals surface area (Å²) in [5, 5.41) is 5.77. The number of ether oxygens (including phenoxy) is 1. The Labute approximate surface area is 249 Å². The molecule has 2 aliphatic rings. The van der Waals surface area contributed by atoms with Crippen LogP contribution >= 0.6 is 11.8 Å². The van der Waals surface area contributed by atoms with Crippen LogP contribution < -0.4 is 15.4 Å². The van der Waals surface area contributed by atoms with Crippen LogP contribution in [0.25, 0.3) is 0 Å². The molecule has 0 saturated carbocycles. The van der Waals surface area contributed by atoms with E-state index in [2.05, 4.69) is 10.6 Å². The molecule has 0 fully saturated rings. The predicted octanol–water partition coefficient (Wildman–Crippen LogP) is 4.94. The van der Waals surface area contributed by atoms with Crippen molar-refractivity contribution in [3.63, 3.8) is 0 Å². The van der Waals surface area contributed by atoms with Gasteiger partial charge >= 0.3 is 0 Å². The Hall–Kier alpha value is -4.44. The van der Waals surface area contributed by atoms with E-state index >= 15 is 0 Å². The second kappa shape index (κ2) is 13.5. The number of anilines is 1. The number of nitrogens with one attached hydrogen (secondary N) is 2. The lowest BCUT2D eigenvalue weighted by Crippen LogP contribution is -2.42. The molecule has 2 atom stereocenters. The van der Waals surface area contributed by atoms with Crippen LogP contribution in [-0.4, -0.2) is 58.6 Å². The highest BCUT2D eigenvalue weighted by Gasteiger charge is 2.42. The van der Waals surface area contributed by atoms with E-state index in [1.165, 1.54) is 16.7 Å². The van der Waals surface area contributed by atoms with E-state index in [1.807, 2.05) is 61.5 Å². The van der Waals surface area contributed by atoms with Gasteiger partial charge in [0.25, 0.3) is 5.91 Å². The van der Waals surface area contributed by atoms with E-state index in [-0.39, 0.29) is 30.6 Å². The Bertz CT molecular complexity index is 1520. The van der Waals surface area contributed by atoms with Crippen molar-refractivity contribution in [2.75, 3.05) is 19.0 Å². The topological polar surface area (TPSA) is 112 Å². The zero-order chi connectivity index (χ0) is 29.5. The molecule has 5 rings (SSSR count). The molecule has 42 heavy (non-hydrogen) atoms. The van der Waals surface area contributed by atoms with Crippen LogP contribution in [0, 0.1) is 0 Å². The van der Waals surface area contributed by atoms with E-state index in [4.69, 9.17) is 14.7 Å². The van der Waals surface area contributed by atoms with Gasteiger partial charge in [-0.15, -0.1) is 0 Å². The summed E-state index contributed by atoms with van der Waals surface area (Å²) in [5.41, 5.74) is 3.21. The SMILES string of the molecule is CC[C@@H](SC1=Nc2ccccc2C2=N[C@H](CCC(=O)NCCc3ccccc3)C(=O)N12)C(=O)Nc1cccc(OC)c1. The van der Waals surface area contributed by atoms with E-state index in [9.17, 15) is 14.4 Å². The second-order valence-corrected chi connectivity index (χ2v) is 11.1. The van der Waals surface area contributed by atoms with Crippen LogP contribution in [0.2, 0.25) is 0 Å². The van der Waals surface area contributed by atoms with E-state index in [1.54, 1.807) is 31.4 Å². The Kier molecular flexibility index (Phi) is 9.33. The number of hydrogen-bond acceptors (Lipinski definition) is 7. The molecule has 0 aliphatic carbocycles. The molecule has 216 valence electrons. The summed E-state index contributed by atoms with van der Waals surface area (Å²) >= 11 is 1.23. The number of amidine groups is 2.